The molecule has 1 fully saturated rings. The number of rotatable bonds is 3. The minimum absolute atomic E-state index is 0. The van der Waals surface area contributed by atoms with Crippen molar-refractivity contribution in [2.24, 2.45) is 17.4 Å². The van der Waals surface area contributed by atoms with Gasteiger partial charge in [-0.15, -0.1) is 12.4 Å². The number of primary amides is 1. The maximum Gasteiger partial charge on any atom is 0.250 e. The van der Waals surface area contributed by atoms with Gasteiger partial charge in [-0.25, -0.2) is 0 Å². The van der Waals surface area contributed by atoms with E-state index in [0.717, 1.165) is 12.8 Å². The van der Waals surface area contributed by atoms with Gasteiger partial charge in [0.15, 0.2) is 0 Å². The highest BCUT2D eigenvalue weighted by Crippen LogP contribution is 2.26. The van der Waals surface area contributed by atoms with Crippen molar-refractivity contribution in [3.63, 3.8) is 0 Å². The lowest BCUT2D eigenvalue weighted by atomic mass is 10.1. The molecule has 0 aliphatic heterocycles. The van der Waals surface area contributed by atoms with E-state index in [1.165, 1.54) is 12.1 Å². The third-order valence-corrected chi connectivity index (χ3v) is 3.66. The van der Waals surface area contributed by atoms with E-state index >= 15 is 0 Å². The quantitative estimate of drug-likeness (QED) is 0.794. The molecule has 2 amide bonds. The van der Waals surface area contributed by atoms with Crippen LogP contribution in [0.5, 0.6) is 0 Å². The summed E-state index contributed by atoms with van der Waals surface area (Å²) < 4.78 is 0. The highest BCUT2D eigenvalue weighted by atomic mass is 35.5. The monoisotopic (exact) mass is 317 g/mol. The normalized spacial score (nSPS) is 21.1. The van der Waals surface area contributed by atoms with Crippen LogP contribution in [0.15, 0.2) is 18.2 Å². The fourth-order valence-electron chi connectivity index (χ4n) is 2.29. The Kier molecular flexibility index (Phi) is 5.80. The van der Waals surface area contributed by atoms with E-state index in [1.807, 2.05) is 0 Å². The molecule has 5 N–H and O–H groups in total. The second-order valence-corrected chi connectivity index (χ2v) is 5.23. The third-order valence-electron chi connectivity index (χ3n) is 3.35. The molecule has 0 radical (unpaired) electrons. The van der Waals surface area contributed by atoms with Gasteiger partial charge in [-0.1, -0.05) is 11.6 Å². The average Bonchev–Trinajstić information content (AvgIpc) is 2.75. The Balaban J connectivity index is 0.00000200. The van der Waals surface area contributed by atoms with Gasteiger partial charge < -0.3 is 16.8 Å². The SMILES string of the molecule is Cl.NC(=O)c1ccc(NC(=O)C2CCC(N)C2)cc1Cl. The van der Waals surface area contributed by atoms with E-state index in [0.29, 0.717) is 12.1 Å². The molecule has 0 bridgehead atoms. The molecule has 2 atom stereocenters. The number of benzene rings is 1. The molecule has 1 aliphatic rings. The van der Waals surface area contributed by atoms with E-state index < -0.39 is 5.91 Å². The Bertz CT molecular complexity index is 522. The van der Waals surface area contributed by atoms with Crippen LogP contribution in [0.2, 0.25) is 5.02 Å². The van der Waals surface area contributed by atoms with Gasteiger partial charge in [0.25, 0.3) is 0 Å². The predicted octanol–water partition coefficient (Wildman–Crippen LogP) is 1.93. The minimum atomic E-state index is -0.593. The molecule has 7 heteroatoms. The number of carbonyl (C=O) groups is 2. The highest BCUT2D eigenvalue weighted by Gasteiger charge is 2.27. The Labute approximate surface area is 128 Å². The molecular weight excluding hydrogens is 301 g/mol. The molecule has 1 saturated carbocycles. The highest BCUT2D eigenvalue weighted by molar-refractivity contribution is 6.34. The average molecular weight is 318 g/mol. The van der Waals surface area contributed by atoms with Crippen molar-refractivity contribution in [3.8, 4) is 0 Å². The molecule has 1 aliphatic carbocycles. The predicted molar refractivity (Wildman–Crippen MR) is 81.2 cm³/mol. The molecule has 1 aromatic rings. The van der Waals surface area contributed by atoms with E-state index in [1.54, 1.807) is 6.07 Å². The lowest BCUT2D eigenvalue weighted by Crippen LogP contribution is -2.23. The summed E-state index contributed by atoms with van der Waals surface area (Å²) in [5.74, 6) is -0.704. The summed E-state index contributed by atoms with van der Waals surface area (Å²) in [7, 11) is 0. The number of anilines is 1. The van der Waals surface area contributed by atoms with Gasteiger partial charge in [-0.2, -0.15) is 0 Å². The van der Waals surface area contributed by atoms with Crippen molar-refractivity contribution in [1.82, 2.24) is 0 Å². The Morgan fingerprint density at radius 3 is 2.50 bits per heavy atom. The molecule has 0 spiro atoms. The first-order valence-electron chi connectivity index (χ1n) is 6.13. The second-order valence-electron chi connectivity index (χ2n) is 4.82. The van der Waals surface area contributed by atoms with E-state index in [-0.39, 0.29) is 40.9 Å². The van der Waals surface area contributed by atoms with Crippen molar-refractivity contribution in [3.05, 3.63) is 28.8 Å². The summed E-state index contributed by atoms with van der Waals surface area (Å²) in [5.41, 5.74) is 11.7. The van der Waals surface area contributed by atoms with Gasteiger partial charge in [0.05, 0.1) is 10.6 Å². The number of hydrogen-bond donors (Lipinski definition) is 3. The topological polar surface area (TPSA) is 98.2 Å². The van der Waals surface area contributed by atoms with Crippen LogP contribution in [0.3, 0.4) is 0 Å². The van der Waals surface area contributed by atoms with Gasteiger partial charge in [0, 0.05) is 17.6 Å². The van der Waals surface area contributed by atoms with Crippen molar-refractivity contribution >= 4 is 41.5 Å². The molecule has 0 saturated heterocycles. The first-order chi connectivity index (χ1) is 8.97. The summed E-state index contributed by atoms with van der Waals surface area (Å²) >= 11 is 5.92. The van der Waals surface area contributed by atoms with E-state index in [4.69, 9.17) is 23.1 Å². The first-order valence-corrected chi connectivity index (χ1v) is 6.51. The van der Waals surface area contributed by atoms with E-state index in [9.17, 15) is 9.59 Å². The molecule has 0 aromatic heterocycles. The van der Waals surface area contributed by atoms with Crippen LogP contribution in [0.1, 0.15) is 29.6 Å². The maximum atomic E-state index is 12.0. The summed E-state index contributed by atoms with van der Waals surface area (Å²) in [5, 5.41) is 3.01. The van der Waals surface area contributed by atoms with Crippen molar-refractivity contribution in [2.45, 2.75) is 25.3 Å². The van der Waals surface area contributed by atoms with Crippen molar-refractivity contribution in [2.75, 3.05) is 5.32 Å². The Morgan fingerprint density at radius 2 is 2.00 bits per heavy atom. The molecule has 110 valence electrons. The van der Waals surface area contributed by atoms with Gasteiger partial charge in [-0.05, 0) is 37.5 Å². The van der Waals surface area contributed by atoms with Crippen LogP contribution in [-0.4, -0.2) is 17.9 Å². The number of hydrogen-bond acceptors (Lipinski definition) is 3. The molecule has 2 unspecified atom stereocenters. The Hall–Kier alpha value is -1.30. The lowest BCUT2D eigenvalue weighted by Gasteiger charge is -2.11. The Morgan fingerprint density at radius 1 is 1.30 bits per heavy atom. The van der Waals surface area contributed by atoms with Crippen LogP contribution in [0.4, 0.5) is 5.69 Å². The van der Waals surface area contributed by atoms with Crippen molar-refractivity contribution in [1.29, 1.82) is 0 Å². The second kappa shape index (κ2) is 6.92. The zero-order valence-corrected chi connectivity index (χ0v) is 12.3. The van der Waals surface area contributed by atoms with Crippen LogP contribution < -0.4 is 16.8 Å². The summed E-state index contributed by atoms with van der Waals surface area (Å²) in [6.45, 7) is 0. The number of nitrogens with one attached hydrogen (secondary N) is 1. The minimum Gasteiger partial charge on any atom is -0.366 e. The summed E-state index contributed by atoms with van der Waals surface area (Å²) in [6, 6.07) is 4.74. The van der Waals surface area contributed by atoms with Crippen LogP contribution >= 0.6 is 24.0 Å². The molecule has 2 rings (SSSR count). The number of halogens is 2. The third kappa shape index (κ3) is 3.85. The molecule has 0 heterocycles. The fourth-order valence-corrected chi connectivity index (χ4v) is 2.57. The zero-order valence-electron chi connectivity index (χ0n) is 10.8. The first kappa shape index (κ1) is 16.8. The van der Waals surface area contributed by atoms with Gasteiger partial charge in [-0.3, -0.25) is 9.59 Å². The van der Waals surface area contributed by atoms with Crippen LogP contribution in [0.25, 0.3) is 0 Å². The van der Waals surface area contributed by atoms with E-state index in [2.05, 4.69) is 5.32 Å². The number of nitrogens with two attached hydrogens (primary N) is 2. The smallest absolute Gasteiger partial charge is 0.250 e. The van der Waals surface area contributed by atoms with Gasteiger partial charge >= 0.3 is 0 Å². The largest absolute Gasteiger partial charge is 0.366 e. The molecule has 20 heavy (non-hydrogen) atoms. The van der Waals surface area contributed by atoms with Gasteiger partial charge in [0.2, 0.25) is 11.8 Å². The van der Waals surface area contributed by atoms with Crippen LogP contribution in [-0.2, 0) is 4.79 Å². The zero-order chi connectivity index (χ0) is 14.0. The molecular formula is C13H17Cl2N3O2. The van der Waals surface area contributed by atoms with Crippen LogP contribution in [0, 0.1) is 5.92 Å². The fraction of sp³-hybridized carbons (Fsp3) is 0.385. The standard InChI is InChI=1S/C13H16ClN3O2.ClH/c14-11-6-9(3-4-10(11)12(16)18)17-13(19)7-1-2-8(15)5-7;/h3-4,6-8H,1-2,5,15H2,(H2,16,18)(H,17,19);1H. The number of carbonyl (C=O) groups excluding carboxylic acids is 2. The van der Waals surface area contributed by atoms with Gasteiger partial charge in [0.1, 0.15) is 0 Å². The lowest BCUT2D eigenvalue weighted by molar-refractivity contribution is -0.119. The molecule has 1 aromatic carbocycles. The number of amides is 2. The van der Waals surface area contributed by atoms with Crippen molar-refractivity contribution < 1.29 is 9.59 Å². The summed E-state index contributed by atoms with van der Waals surface area (Å²) in [6.07, 6.45) is 2.39. The summed E-state index contributed by atoms with van der Waals surface area (Å²) in [4.78, 5) is 23.0. The maximum absolute atomic E-state index is 12.0. The molecule has 5 nitrogen and oxygen atoms in total.